The number of hydrogen-bond acceptors (Lipinski definition) is 6. The van der Waals surface area contributed by atoms with Crippen molar-refractivity contribution in [3.63, 3.8) is 0 Å². The Morgan fingerprint density at radius 2 is 1.84 bits per heavy atom. The van der Waals surface area contributed by atoms with E-state index in [0.717, 1.165) is 57.5 Å². The van der Waals surface area contributed by atoms with Gasteiger partial charge >= 0.3 is 0 Å². The molecule has 0 spiro atoms. The van der Waals surface area contributed by atoms with Gasteiger partial charge in [0, 0.05) is 56.9 Å². The molecule has 1 amide bonds. The van der Waals surface area contributed by atoms with Gasteiger partial charge in [0.15, 0.2) is 0 Å². The molecule has 1 aromatic carbocycles. The lowest BCUT2D eigenvalue weighted by Crippen LogP contribution is -2.44. The quantitative estimate of drug-likeness (QED) is 0.641. The lowest BCUT2D eigenvalue weighted by Gasteiger charge is -2.34. The van der Waals surface area contributed by atoms with Crippen molar-refractivity contribution in [2.24, 2.45) is 0 Å². The van der Waals surface area contributed by atoms with E-state index in [4.69, 9.17) is 4.74 Å². The Bertz CT molecular complexity index is 976. The second kappa shape index (κ2) is 10.2. The van der Waals surface area contributed by atoms with E-state index in [1.807, 2.05) is 18.2 Å². The van der Waals surface area contributed by atoms with Crippen molar-refractivity contribution in [3.8, 4) is 0 Å². The van der Waals surface area contributed by atoms with E-state index in [1.165, 1.54) is 0 Å². The fraction of sp³-hybridized carbons (Fsp3) is 0.500. The highest BCUT2D eigenvalue weighted by molar-refractivity contribution is 6.07. The van der Waals surface area contributed by atoms with E-state index in [0.29, 0.717) is 17.5 Å². The maximum Gasteiger partial charge on any atom is 0.263 e. The number of rotatable bonds is 6. The van der Waals surface area contributed by atoms with Crippen LogP contribution in [-0.4, -0.2) is 68.3 Å². The zero-order valence-electron chi connectivity index (χ0n) is 18.9. The summed E-state index contributed by atoms with van der Waals surface area (Å²) in [6, 6.07) is 9.80. The Morgan fingerprint density at radius 3 is 2.56 bits per heavy atom. The number of piperazine rings is 1. The van der Waals surface area contributed by atoms with E-state index in [1.54, 1.807) is 19.4 Å². The number of likely N-dealkylation sites (N-methyl/N-ethyl adjacent to an activating group) is 1. The van der Waals surface area contributed by atoms with Gasteiger partial charge in [-0.25, -0.2) is 0 Å². The second-order valence-corrected chi connectivity index (χ2v) is 8.74. The van der Waals surface area contributed by atoms with Crippen LogP contribution in [0, 0.1) is 0 Å². The van der Waals surface area contributed by atoms with Crippen molar-refractivity contribution in [1.82, 2.24) is 9.88 Å². The molecule has 1 aliphatic heterocycles. The van der Waals surface area contributed by atoms with Crippen LogP contribution in [0.1, 0.15) is 36.0 Å². The first-order valence-electron chi connectivity index (χ1n) is 11.4. The molecular weight excluding hydrogens is 406 g/mol. The fourth-order valence-electron chi connectivity index (χ4n) is 4.53. The van der Waals surface area contributed by atoms with E-state index < -0.39 is 11.5 Å². The summed E-state index contributed by atoms with van der Waals surface area (Å²) in [6.07, 6.45) is 5.70. The van der Waals surface area contributed by atoms with E-state index in [9.17, 15) is 9.59 Å². The van der Waals surface area contributed by atoms with Crippen molar-refractivity contribution in [1.29, 1.82) is 0 Å². The largest absolute Gasteiger partial charge is 0.381 e. The Balaban J connectivity index is 1.47. The zero-order valence-corrected chi connectivity index (χ0v) is 18.9. The SMILES string of the molecule is COC1CCC(Nc2cc[nH]c(=O)c2C(=O)Nc2cccc(N3CCN(C)CC3)c2)CC1. The van der Waals surface area contributed by atoms with Gasteiger partial charge in [-0.3, -0.25) is 9.59 Å². The highest BCUT2D eigenvalue weighted by Crippen LogP contribution is 2.25. The predicted octanol–water partition coefficient (Wildman–Crippen LogP) is 2.75. The average Bonchev–Trinajstić information content (AvgIpc) is 2.80. The molecule has 0 radical (unpaired) electrons. The van der Waals surface area contributed by atoms with Gasteiger partial charge in [0.25, 0.3) is 11.5 Å². The van der Waals surface area contributed by atoms with Gasteiger partial charge in [0.1, 0.15) is 5.56 Å². The van der Waals surface area contributed by atoms with E-state index in [-0.39, 0.29) is 11.6 Å². The first-order valence-corrected chi connectivity index (χ1v) is 11.4. The van der Waals surface area contributed by atoms with Gasteiger partial charge in [-0.15, -0.1) is 0 Å². The standard InChI is InChI=1S/C24H33N5O3/c1-28-12-14-29(15-13-28)19-5-3-4-18(16-19)27-24(31)22-21(10-11-25-23(22)30)26-17-6-8-20(32-2)9-7-17/h3-5,10-11,16-17,20H,6-9,12-15H2,1-2H3,(H,27,31)(H2,25,26,30). The zero-order chi connectivity index (χ0) is 22.5. The van der Waals surface area contributed by atoms with Gasteiger partial charge in [-0.1, -0.05) is 6.07 Å². The number of anilines is 3. The number of aromatic amines is 1. The highest BCUT2D eigenvalue weighted by Gasteiger charge is 2.24. The van der Waals surface area contributed by atoms with Gasteiger partial charge in [-0.2, -0.15) is 0 Å². The fourth-order valence-corrected chi connectivity index (χ4v) is 4.53. The molecule has 8 nitrogen and oxygen atoms in total. The minimum atomic E-state index is -0.407. The normalized spacial score (nSPS) is 21.9. The third-order valence-electron chi connectivity index (χ3n) is 6.53. The van der Waals surface area contributed by atoms with Gasteiger partial charge in [0.2, 0.25) is 0 Å². The number of pyridine rings is 1. The summed E-state index contributed by atoms with van der Waals surface area (Å²) in [5.74, 6) is -0.407. The smallest absolute Gasteiger partial charge is 0.263 e. The average molecular weight is 440 g/mol. The number of amides is 1. The molecule has 8 heteroatoms. The molecule has 2 heterocycles. The van der Waals surface area contributed by atoms with Crippen LogP contribution in [0.15, 0.2) is 41.3 Å². The third kappa shape index (κ3) is 5.31. The Kier molecular flexibility index (Phi) is 7.12. The molecule has 1 aromatic heterocycles. The van der Waals surface area contributed by atoms with Crippen molar-refractivity contribution in [2.75, 3.05) is 55.9 Å². The summed E-state index contributed by atoms with van der Waals surface area (Å²) in [5, 5.41) is 6.34. The van der Waals surface area contributed by atoms with Crippen LogP contribution in [0.5, 0.6) is 0 Å². The minimum absolute atomic E-state index is 0.117. The number of benzene rings is 1. The Hall–Kier alpha value is -2.84. The number of hydrogen-bond donors (Lipinski definition) is 3. The molecule has 1 aliphatic carbocycles. The number of methoxy groups -OCH3 is 1. The molecule has 4 rings (SSSR count). The summed E-state index contributed by atoms with van der Waals surface area (Å²) < 4.78 is 5.44. The van der Waals surface area contributed by atoms with Crippen LogP contribution in [-0.2, 0) is 4.74 Å². The van der Waals surface area contributed by atoms with Crippen LogP contribution in [0.3, 0.4) is 0 Å². The van der Waals surface area contributed by atoms with Crippen LogP contribution < -0.4 is 21.1 Å². The second-order valence-electron chi connectivity index (χ2n) is 8.74. The molecule has 2 fully saturated rings. The third-order valence-corrected chi connectivity index (χ3v) is 6.53. The molecule has 2 aromatic rings. The highest BCUT2D eigenvalue weighted by atomic mass is 16.5. The number of aromatic nitrogens is 1. The molecule has 0 unspecified atom stereocenters. The maximum absolute atomic E-state index is 13.1. The summed E-state index contributed by atoms with van der Waals surface area (Å²) >= 11 is 0. The van der Waals surface area contributed by atoms with Crippen molar-refractivity contribution in [2.45, 2.75) is 37.8 Å². The molecule has 2 aliphatic rings. The number of H-pyrrole nitrogens is 1. The topological polar surface area (TPSA) is 89.7 Å². The number of carbonyl (C=O) groups excluding carboxylic acids is 1. The molecule has 1 saturated carbocycles. The lowest BCUT2D eigenvalue weighted by molar-refractivity contribution is 0.0681. The van der Waals surface area contributed by atoms with Crippen molar-refractivity contribution in [3.05, 3.63) is 52.4 Å². The van der Waals surface area contributed by atoms with Crippen LogP contribution in [0.25, 0.3) is 0 Å². The van der Waals surface area contributed by atoms with Crippen LogP contribution >= 0.6 is 0 Å². The summed E-state index contributed by atoms with van der Waals surface area (Å²) in [4.78, 5) is 32.9. The van der Waals surface area contributed by atoms with Gasteiger partial charge in [-0.05, 0) is 57.0 Å². The number of ether oxygens (including phenoxy) is 1. The predicted molar refractivity (Wildman–Crippen MR) is 128 cm³/mol. The summed E-state index contributed by atoms with van der Waals surface area (Å²) in [6.45, 7) is 3.92. The Labute approximate surface area is 188 Å². The van der Waals surface area contributed by atoms with Gasteiger partial charge < -0.3 is 30.2 Å². The molecule has 0 atom stereocenters. The first kappa shape index (κ1) is 22.4. The monoisotopic (exact) mass is 439 g/mol. The molecule has 3 N–H and O–H groups in total. The minimum Gasteiger partial charge on any atom is -0.381 e. The Morgan fingerprint density at radius 1 is 1.09 bits per heavy atom. The lowest BCUT2D eigenvalue weighted by atomic mass is 9.92. The molecular formula is C24H33N5O3. The first-order chi connectivity index (χ1) is 15.5. The molecule has 0 bridgehead atoms. The van der Waals surface area contributed by atoms with E-state index >= 15 is 0 Å². The molecule has 32 heavy (non-hydrogen) atoms. The van der Waals surface area contributed by atoms with Crippen LogP contribution in [0.4, 0.5) is 17.1 Å². The van der Waals surface area contributed by atoms with Gasteiger partial charge in [0.05, 0.1) is 11.8 Å². The number of nitrogens with zero attached hydrogens (tertiary/aromatic N) is 2. The van der Waals surface area contributed by atoms with Crippen LogP contribution in [0.2, 0.25) is 0 Å². The van der Waals surface area contributed by atoms with Crippen molar-refractivity contribution < 1.29 is 9.53 Å². The maximum atomic E-state index is 13.1. The summed E-state index contributed by atoms with van der Waals surface area (Å²) in [7, 11) is 3.87. The number of nitrogens with one attached hydrogen (secondary N) is 3. The van der Waals surface area contributed by atoms with Crippen molar-refractivity contribution >= 4 is 23.0 Å². The van der Waals surface area contributed by atoms with E-state index in [2.05, 4.69) is 38.5 Å². The molecule has 172 valence electrons. The molecule has 1 saturated heterocycles. The summed E-state index contributed by atoms with van der Waals surface area (Å²) in [5.41, 5.74) is 2.05. The number of carbonyl (C=O) groups is 1.